The number of aryl methyl sites for hydroxylation is 1. The third kappa shape index (κ3) is 3.60. The van der Waals surface area contributed by atoms with E-state index in [9.17, 15) is 4.79 Å². The van der Waals surface area contributed by atoms with Gasteiger partial charge in [-0.1, -0.05) is 5.16 Å². The van der Waals surface area contributed by atoms with Gasteiger partial charge in [0.05, 0.1) is 25.0 Å². The van der Waals surface area contributed by atoms with Gasteiger partial charge in [0, 0.05) is 38.1 Å². The van der Waals surface area contributed by atoms with Crippen LogP contribution in [0.1, 0.15) is 31.8 Å². The smallest absolute Gasteiger partial charge is 0.323 e. The normalized spacial score (nSPS) is 17.3. The molecule has 0 radical (unpaired) electrons. The van der Waals surface area contributed by atoms with Crippen LogP contribution in [0, 0.1) is 0 Å². The van der Waals surface area contributed by atoms with Gasteiger partial charge in [-0.25, -0.2) is 4.79 Å². The maximum Gasteiger partial charge on any atom is 0.323 e. The minimum absolute atomic E-state index is 0.215. The molecule has 0 aliphatic carbocycles. The lowest BCUT2D eigenvalue weighted by molar-refractivity contribution is 0.0110. The van der Waals surface area contributed by atoms with Crippen molar-refractivity contribution in [1.82, 2.24) is 34.6 Å². The zero-order valence-electron chi connectivity index (χ0n) is 15.9. The molecule has 1 aliphatic rings. The Morgan fingerprint density at radius 2 is 2.25 bits per heavy atom. The Hall–Kier alpha value is -3.21. The van der Waals surface area contributed by atoms with E-state index in [0.717, 1.165) is 0 Å². The van der Waals surface area contributed by atoms with Gasteiger partial charge in [0.1, 0.15) is 6.04 Å². The average Bonchev–Trinajstić information content (AvgIpc) is 3.41. The Morgan fingerprint density at radius 1 is 1.39 bits per heavy atom. The third-order valence-corrected chi connectivity index (χ3v) is 4.45. The highest BCUT2D eigenvalue weighted by Crippen LogP contribution is 2.25. The molecule has 3 aromatic rings. The summed E-state index contributed by atoms with van der Waals surface area (Å²) in [7, 11) is 1.81. The molecule has 1 aliphatic heterocycles. The Morgan fingerprint density at radius 3 is 2.96 bits per heavy atom. The molecule has 0 bridgehead atoms. The number of nitrogens with zero attached hydrogens (tertiary/aromatic N) is 7. The fourth-order valence-electron chi connectivity index (χ4n) is 2.95. The lowest BCUT2D eigenvalue weighted by atomic mass is 10.2. The Kier molecular flexibility index (Phi) is 4.82. The summed E-state index contributed by atoms with van der Waals surface area (Å²) in [6, 6.07) is 1.25. The Bertz CT molecular complexity index is 959. The average molecular weight is 386 g/mol. The molecule has 0 spiro atoms. The minimum atomic E-state index is -0.449. The number of aromatic nitrogens is 6. The molecule has 0 aromatic carbocycles. The highest BCUT2D eigenvalue weighted by atomic mass is 16.5. The van der Waals surface area contributed by atoms with Crippen molar-refractivity contribution in [2.24, 2.45) is 7.05 Å². The van der Waals surface area contributed by atoms with Gasteiger partial charge in [-0.15, -0.1) is 0 Å². The zero-order valence-corrected chi connectivity index (χ0v) is 15.9. The summed E-state index contributed by atoms with van der Waals surface area (Å²) in [6.07, 6.45) is 5.25. The van der Waals surface area contributed by atoms with Gasteiger partial charge >= 0.3 is 6.03 Å². The Labute approximate surface area is 161 Å². The molecule has 1 saturated heterocycles. The van der Waals surface area contributed by atoms with E-state index < -0.39 is 6.04 Å². The molecule has 11 heteroatoms. The molecule has 3 aromatic heterocycles. The Balaban J connectivity index is 1.51. The number of amides is 2. The topological polar surface area (TPSA) is 116 Å². The van der Waals surface area contributed by atoms with Crippen LogP contribution >= 0.6 is 0 Å². The molecule has 2 amide bonds. The van der Waals surface area contributed by atoms with Crippen molar-refractivity contribution in [3.8, 4) is 11.5 Å². The number of morpholine rings is 1. The predicted octanol–water partition coefficient (Wildman–Crippen LogP) is 1.85. The summed E-state index contributed by atoms with van der Waals surface area (Å²) in [4.78, 5) is 18.9. The minimum Gasteiger partial charge on any atom is -0.377 e. The monoisotopic (exact) mass is 386 g/mol. The number of ether oxygens (including phenoxy) is 1. The van der Waals surface area contributed by atoms with Crippen LogP contribution in [0.4, 0.5) is 10.6 Å². The summed E-state index contributed by atoms with van der Waals surface area (Å²) in [6.45, 7) is 5.19. The first-order chi connectivity index (χ1) is 13.5. The molecule has 1 atom stereocenters. The maximum atomic E-state index is 12.8. The van der Waals surface area contributed by atoms with E-state index in [1.54, 1.807) is 32.7 Å². The third-order valence-electron chi connectivity index (χ3n) is 4.45. The number of anilines is 1. The molecule has 28 heavy (non-hydrogen) atoms. The number of hydrogen-bond acceptors (Lipinski definition) is 7. The molecule has 4 heterocycles. The molecule has 4 rings (SSSR count). The molecular weight excluding hydrogens is 364 g/mol. The predicted molar refractivity (Wildman–Crippen MR) is 98.4 cm³/mol. The molecule has 1 fully saturated rings. The summed E-state index contributed by atoms with van der Waals surface area (Å²) >= 11 is 0. The van der Waals surface area contributed by atoms with Crippen LogP contribution in [0.3, 0.4) is 0 Å². The van der Waals surface area contributed by atoms with Crippen molar-refractivity contribution >= 4 is 11.8 Å². The largest absolute Gasteiger partial charge is 0.377 e. The van der Waals surface area contributed by atoms with Gasteiger partial charge in [0.25, 0.3) is 5.89 Å². The number of carbonyl (C=O) groups excluding carboxylic acids is 1. The van der Waals surface area contributed by atoms with E-state index >= 15 is 0 Å². The van der Waals surface area contributed by atoms with Gasteiger partial charge in [0.2, 0.25) is 0 Å². The first kappa shape index (κ1) is 18.2. The van der Waals surface area contributed by atoms with E-state index in [0.29, 0.717) is 42.9 Å². The number of hydrogen-bond donors (Lipinski definition) is 1. The van der Waals surface area contributed by atoms with Crippen molar-refractivity contribution in [2.75, 3.05) is 25.1 Å². The van der Waals surface area contributed by atoms with E-state index in [4.69, 9.17) is 9.26 Å². The molecule has 1 unspecified atom stereocenters. The van der Waals surface area contributed by atoms with E-state index in [-0.39, 0.29) is 12.1 Å². The van der Waals surface area contributed by atoms with Crippen LogP contribution in [0.25, 0.3) is 11.5 Å². The van der Waals surface area contributed by atoms with Crippen molar-refractivity contribution in [3.05, 3.63) is 30.5 Å². The zero-order chi connectivity index (χ0) is 19.7. The summed E-state index contributed by atoms with van der Waals surface area (Å²) in [5, 5.41) is 15.3. The van der Waals surface area contributed by atoms with Crippen LogP contribution < -0.4 is 5.32 Å². The molecule has 1 N–H and O–H groups in total. The standard InChI is InChI=1S/C17H22N8O3/c1-11(2)25-5-4-14(21-25)19-17(26)24-6-7-27-10-13(24)15-20-16(28-22-15)12-8-18-23(3)9-12/h4-5,8-9,11,13H,6-7,10H2,1-3H3,(H,19,21,26). The van der Waals surface area contributed by atoms with Crippen LogP contribution in [-0.4, -0.2) is 60.4 Å². The number of nitrogens with one attached hydrogen (secondary N) is 1. The van der Waals surface area contributed by atoms with E-state index in [1.165, 1.54) is 0 Å². The number of urea groups is 1. The van der Waals surface area contributed by atoms with Gasteiger partial charge in [-0.3, -0.25) is 14.7 Å². The molecule has 11 nitrogen and oxygen atoms in total. The van der Waals surface area contributed by atoms with Gasteiger partial charge in [0.15, 0.2) is 11.6 Å². The van der Waals surface area contributed by atoms with Crippen LogP contribution in [0.5, 0.6) is 0 Å². The first-order valence-corrected chi connectivity index (χ1v) is 9.04. The summed E-state index contributed by atoms with van der Waals surface area (Å²) < 4.78 is 14.3. The number of carbonyl (C=O) groups is 1. The fourth-order valence-corrected chi connectivity index (χ4v) is 2.95. The van der Waals surface area contributed by atoms with Crippen molar-refractivity contribution in [1.29, 1.82) is 0 Å². The van der Waals surface area contributed by atoms with Crippen LogP contribution in [0.15, 0.2) is 29.2 Å². The molecule has 148 valence electrons. The highest BCUT2D eigenvalue weighted by Gasteiger charge is 2.33. The highest BCUT2D eigenvalue weighted by molar-refractivity contribution is 5.88. The van der Waals surface area contributed by atoms with Gasteiger partial charge in [-0.05, 0) is 13.8 Å². The quantitative estimate of drug-likeness (QED) is 0.727. The second-order valence-corrected chi connectivity index (χ2v) is 6.85. The van der Waals surface area contributed by atoms with Crippen molar-refractivity contribution < 1.29 is 14.1 Å². The van der Waals surface area contributed by atoms with Crippen LogP contribution in [0.2, 0.25) is 0 Å². The second kappa shape index (κ2) is 7.43. The maximum absolute atomic E-state index is 12.8. The number of rotatable bonds is 4. The second-order valence-electron chi connectivity index (χ2n) is 6.85. The summed E-state index contributed by atoms with van der Waals surface area (Å²) in [5.74, 6) is 1.24. The first-order valence-electron chi connectivity index (χ1n) is 9.04. The van der Waals surface area contributed by atoms with Crippen molar-refractivity contribution in [3.63, 3.8) is 0 Å². The summed E-state index contributed by atoms with van der Waals surface area (Å²) in [5.41, 5.74) is 0.716. The van der Waals surface area contributed by atoms with Crippen LogP contribution in [-0.2, 0) is 11.8 Å². The fraction of sp³-hybridized carbons (Fsp3) is 0.471. The molecule has 0 saturated carbocycles. The van der Waals surface area contributed by atoms with E-state index in [1.807, 2.05) is 27.1 Å². The van der Waals surface area contributed by atoms with E-state index in [2.05, 4.69) is 25.7 Å². The lowest BCUT2D eigenvalue weighted by Crippen LogP contribution is -2.45. The molecular formula is C17H22N8O3. The van der Waals surface area contributed by atoms with Gasteiger partial charge in [-0.2, -0.15) is 15.2 Å². The SMILES string of the molecule is CC(C)n1ccc(NC(=O)N2CCOCC2c2noc(-c3cnn(C)c3)n2)n1. The van der Waals surface area contributed by atoms with Gasteiger partial charge < -0.3 is 14.2 Å². The van der Waals surface area contributed by atoms with Crippen molar-refractivity contribution in [2.45, 2.75) is 25.9 Å². The lowest BCUT2D eigenvalue weighted by Gasteiger charge is -2.33.